The van der Waals surface area contributed by atoms with E-state index in [9.17, 15) is 18.3 Å². The predicted octanol–water partition coefficient (Wildman–Crippen LogP) is 3.43. The molecule has 0 aliphatic heterocycles. The standard InChI is InChI=1S/C24H25ClN2O6S/c1-15-8-10-20(18(12-15)24(29)17-6-4-5-7-19(17)25)27(14-23(26)28)34(30,31)16-9-11-21(32-2)22(13-16)33-3/h4-13,24,29H,14H2,1-3H3,(H2,26,28). The van der Waals surface area contributed by atoms with Crippen LogP contribution in [0.4, 0.5) is 5.69 Å². The van der Waals surface area contributed by atoms with Gasteiger partial charge in [0.15, 0.2) is 11.5 Å². The van der Waals surface area contributed by atoms with Crippen LogP contribution in [0.1, 0.15) is 22.8 Å². The summed E-state index contributed by atoms with van der Waals surface area (Å²) in [7, 11) is -1.50. The second kappa shape index (κ2) is 10.3. The van der Waals surface area contributed by atoms with Crippen LogP contribution in [-0.2, 0) is 14.8 Å². The van der Waals surface area contributed by atoms with Gasteiger partial charge in [-0.05, 0) is 31.2 Å². The van der Waals surface area contributed by atoms with Gasteiger partial charge in [0.05, 0.1) is 24.8 Å². The molecule has 0 saturated heterocycles. The molecule has 0 fully saturated rings. The third-order valence-electron chi connectivity index (χ3n) is 5.19. The second-order valence-corrected chi connectivity index (χ2v) is 9.75. The molecule has 1 amide bonds. The molecule has 3 aromatic rings. The lowest BCUT2D eigenvalue weighted by molar-refractivity contribution is -0.116. The van der Waals surface area contributed by atoms with Crippen LogP contribution in [0.15, 0.2) is 65.6 Å². The number of methoxy groups -OCH3 is 2. The van der Waals surface area contributed by atoms with Crippen LogP contribution in [0.2, 0.25) is 5.02 Å². The fourth-order valence-electron chi connectivity index (χ4n) is 3.53. The first-order valence-corrected chi connectivity index (χ1v) is 12.0. The molecule has 0 aromatic heterocycles. The smallest absolute Gasteiger partial charge is 0.264 e. The maximum absolute atomic E-state index is 13.7. The number of benzene rings is 3. The molecule has 0 spiro atoms. The summed E-state index contributed by atoms with van der Waals surface area (Å²) in [5.41, 5.74) is 6.92. The molecular formula is C24H25ClN2O6S. The minimum atomic E-state index is -4.32. The molecule has 0 bridgehead atoms. The number of aliphatic hydroxyl groups is 1. The lowest BCUT2D eigenvalue weighted by Gasteiger charge is -2.28. The molecule has 0 aliphatic rings. The Morgan fingerprint density at radius 1 is 1.03 bits per heavy atom. The SMILES string of the molecule is COc1ccc(S(=O)(=O)N(CC(N)=O)c2ccc(C)cc2C(O)c2ccccc2Cl)cc1OC. The maximum Gasteiger partial charge on any atom is 0.264 e. The van der Waals surface area contributed by atoms with Crippen LogP contribution >= 0.6 is 11.6 Å². The number of rotatable bonds is 9. The number of sulfonamides is 1. The van der Waals surface area contributed by atoms with Crippen molar-refractivity contribution in [3.05, 3.63) is 82.4 Å². The average molecular weight is 505 g/mol. The zero-order valence-electron chi connectivity index (χ0n) is 18.9. The number of nitrogens with zero attached hydrogens (tertiary/aromatic N) is 1. The van der Waals surface area contributed by atoms with E-state index in [0.29, 0.717) is 16.3 Å². The largest absolute Gasteiger partial charge is 0.493 e. The zero-order valence-corrected chi connectivity index (χ0v) is 20.4. The van der Waals surface area contributed by atoms with E-state index in [1.807, 2.05) is 0 Å². The number of hydrogen-bond acceptors (Lipinski definition) is 6. The molecule has 34 heavy (non-hydrogen) atoms. The molecule has 0 radical (unpaired) electrons. The highest BCUT2D eigenvalue weighted by Crippen LogP contribution is 2.38. The van der Waals surface area contributed by atoms with Gasteiger partial charge in [-0.1, -0.05) is 47.5 Å². The summed E-state index contributed by atoms with van der Waals surface area (Å²) in [4.78, 5) is 11.8. The van der Waals surface area contributed by atoms with Crippen LogP contribution in [0.3, 0.4) is 0 Å². The minimum absolute atomic E-state index is 0.0894. The zero-order chi connectivity index (χ0) is 25.0. The van der Waals surface area contributed by atoms with Gasteiger partial charge in [-0.2, -0.15) is 0 Å². The topological polar surface area (TPSA) is 119 Å². The Bertz CT molecular complexity index is 1310. The van der Waals surface area contributed by atoms with E-state index in [4.69, 9.17) is 26.8 Å². The number of nitrogens with two attached hydrogens (primary N) is 1. The van der Waals surface area contributed by atoms with Crippen molar-refractivity contribution in [1.29, 1.82) is 0 Å². The van der Waals surface area contributed by atoms with Crippen molar-refractivity contribution >= 4 is 33.2 Å². The molecule has 1 atom stereocenters. The first kappa shape index (κ1) is 25.4. The van der Waals surface area contributed by atoms with E-state index < -0.39 is 28.6 Å². The number of primary amides is 1. The van der Waals surface area contributed by atoms with Crippen LogP contribution in [0.25, 0.3) is 0 Å². The highest BCUT2D eigenvalue weighted by atomic mass is 35.5. The lowest BCUT2D eigenvalue weighted by atomic mass is 9.98. The number of carbonyl (C=O) groups is 1. The van der Waals surface area contributed by atoms with Crippen LogP contribution in [0, 0.1) is 6.92 Å². The number of anilines is 1. The van der Waals surface area contributed by atoms with E-state index in [1.54, 1.807) is 43.3 Å². The summed E-state index contributed by atoms with van der Waals surface area (Å²) in [5, 5.41) is 11.5. The first-order valence-electron chi connectivity index (χ1n) is 10.2. The number of aliphatic hydroxyl groups excluding tert-OH is 1. The van der Waals surface area contributed by atoms with Gasteiger partial charge in [0.1, 0.15) is 12.6 Å². The fourth-order valence-corrected chi connectivity index (χ4v) is 5.24. The Labute approximate surface area is 203 Å². The maximum atomic E-state index is 13.7. The first-order chi connectivity index (χ1) is 16.1. The summed E-state index contributed by atoms with van der Waals surface area (Å²) < 4.78 is 38.7. The van der Waals surface area contributed by atoms with Crippen LogP contribution in [-0.4, -0.2) is 40.2 Å². The number of aryl methyl sites for hydroxylation is 1. The Balaban J connectivity index is 2.21. The summed E-state index contributed by atoms with van der Waals surface area (Å²) in [6.07, 6.45) is -1.26. The van der Waals surface area contributed by atoms with Gasteiger partial charge < -0.3 is 20.3 Å². The summed E-state index contributed by atoms with van der Waals surface area (Å²) in [5.74, 6) is -0.335. The van der Waals surface area contributed by atoms with Crippen LogP contribution < -0.4 is 19.5 Å². The van der Waals surface area contributed by atoms with Gasteiger partial charge in [-0.25, -0.2) is 8.42 Å². The highest BCUT2D eigenvalue weighted by molar-refractivity contribution is 7.92. The van der Waals surface area contributed by atoms with Gasteiger partial charge in [0, 0.05) is 22.2 Å². The molecule has 3 rings (SSSR count). The normalized spacial score (nSPS) is 12.1. The summed E-state index contributed by atoms with van der Waals surface area (Å²) in [6.45, 7) is 1.15. The molecule has 0 aliphatic carbocycles. The average Bonchev–Trinajstić information content (AvgIpc) is 2.81. The Morgan fingerprint density at radius 3 is 2.32 bits per heavy atom. The Hall–Kier alpha value is -3.27. The molecule has 180 valence electrons. The monoisotopic (exact) mass is 504 g/mol. The molecule has 3 aromatic carbocycles. The van der Waals surface area contributed by atoms with Crippen molar-refractivity contribution < 1.29 is 27.8 Å². The summed E-state index contributed by atoms with van der Waals surface area (Å²) >= 11 is 6.28. The Kier molecular flexibility index (Phi) is 7.71. The van der Waals surface area contributed by atoms with Crippen molar-refractivity contribution in [2.45, 2.75) is 17.9 Å². The van der Waals surface area contributed by atoms with Gasteiger partial charge in [0.2, 0.25) is 5.91 Å². The number of ether oxygens (including phenoxy) is 2. The lowest BCUT2D eigenvalue weighted by Crippen LogP contribution is -2.39. The van der Waals surface area contributed by atoms with Crippen molar-refractivity contribution in [3.8, 4) is 11.5 Å². The molecule has 0 saturated carbocycles. The van der Waals surface area contributed by atoms with E-state index in [1.165, 1.54) is 38.5 Å². The number of halogens is 1. The van der Waals surface area contributed by atoms with E-state index in [2.05, 4.69) is 0 Å². The highest BCUT2D eigenvalue weighted by Gasteiger charge is 2.31. The number of carbonyl (C=O) groups excluding carboxylic acids is 1. The van der Waals surface area contributed by atoms with Crippen molar-refractivity contribution in [2.24, 2.45) is 5.73 Å². The summed E-state index contributed by atoms with van der Waals surface area (Å²) in [6, 6.07) is 15.6. The van der Waals surface area contributed by atoms with E-state index in [0.717, 1.165) is 9.87 Å². The molecule has 8 nitrogen and oxygen atoms in total. The third-order valence-corrected chi connectivity index (χ3v) is 7.29. The van der Waals surface area contributed by atoms with E-state index in [-0.39, 0.29) is 21.9 Å². The van der Waals surface area contributed by atoms with Gasteiger partial charge in [-0.3, -0.25) is 9.10 Å². The predicted molar refractivity (Wildman–Crippen MR) is 130 cm³/mol. The van der Waals surface area contributed by atoms with Gasteiger partial charge >= 0.3 is 0 Å². The van der Waals surface area contributed by atoms with Crippen molar-refractivity contribution in [1.82, 2.24) is 0 Å². The molecule has 3 N–H and O–H groups in total. The van der Waals surface area contributed by atoms with Crippen molar-refractivity contribution in [3.63, 3.8) is 0 Å². The van der Waals surface area contributed by atoms with Crippen molar-refractivity contribution in [2.75, 3.05) is 25.1 Å². The fraction of sp³-hybridized carbons (Fsp3) is 0.208. The molecular weight excluding hydrogens is 480 g/mol. The third kappa shape index (κ3) is 5.11. The minimum Gasteiger partial charge on any atom is -0.493 e. The number of hydrogen-bond donors (Lipinski definition) is 2. The molecule has 1 unspecified atom stereocenters. The quantitative estimate of drug-likeness (QED) is 0.461. The second-order valence-electron chi connectivity index (χ2n) is 7.48. The molecule has 10 heteroatoms. The Morgan fingerprint density at radius 2 is 1.71 bits per heavy atom. The molecule has 0 heterocycles. The van der Waals surface area contributed by atoms with Crippen LogP contribution in [0.5, 0.6) is 11.5 Å². The van der Waals surface area contributed by atoms with Gasteiger partial charge in [-0.15, -0.1) is 0 Å². The number of amides is 1. The van der Waals surface area contributed by atoms with Gasteiger partial charge in [0.25, 0.3) is 10.0 Å². The van der Waals surface area contributed by atoms with E-state index >= 15 is 0 Å².